The van der Waals surface area contributed by atoms with Crippen LogP contribution in [0.15, 0.2) is 35.2 Å². The van der Waals surface area contributed by atoms with Crippen molar-refractivity contribution in [2.75, 3.05) is 5.32 Å². The first-order valence-corrected chi connectivity index (χ1v) is 9.37. The van der Waals surface area contributed by atoms with E-state index in [9.17, 15) is 13.2 Å². The molecule has 0 radical (unpaired) electrons. The smallest absolute Gasteiger partial charge is 0.255 e. The van der Waals surface area contributed by atoms with Crippen LogP contribution in [0, 0.1) is 13.8 Å². The number of rotatable bonds is 3. The zero-order chi connectivity index (χ0) is 17.5. The number of nitrogens with one attached hydrogen (secondary N) is 1. The predicted octanol–water partition coefficient (Wildman–Crippen LogP) is 2.69. The van der Waals surface area contributed by atoms with E-state index < -0.39 is 10.0 Å². The summed E-state index contributed by atoms with van der Waals surface area (Å²) in [6, 6.07) is 8.64. The summed E-state index contributed by atoms with van der Waals surface area (Å²) in [5.41, 5.74) is 5.13. The molecule has 6 heteroatoms. The highest BCUT2D eigenvalue weighted by Crippen LogP contribution is 2.26. The lowest BCUT2D eigenvalue weighted by atomic mass is 10.0. The van der Waals surface area contributed by atoms with E-state index in [1.165, 1.54) is 23.3 Å². The number of fused-ring (bicyclic) bond motifs is 1. The monoisotopic (exact) mass is 344 g/mol. The highest BCUT2D eigenvalue weighted by molar-refractivity contribution is 7.89. The predicted molar refractivity (Wildman–Crippen MR) is 93.7 cm³/mol. The number of anilines is 1. The Hall–Kier alpha value is -2.18. The molecule has 0 saturated carbocycles. The second-order valence-electron chi connectivity index (χ2n) is 6.25. The molecule has 1 aliphatic rings. The zero-order valence-electron chi connectivity index (χ0n) is 13.7. The van der Waals surface area contributed by atoms with Crippen molar-refractivity contribution in [2.24, 2.45) is 5.14 Å². The van der Waals surface area contributed by atoms with Crippen LogP contribution in [-0.2, 0) is 22.9 Å². The van der Waals surface area contributed by atoms with Crippen LogP contribution in [0.5, 0.6) is 0 Å². The lowest BCUT2D eigenvalue weighted by Gasteiger charge is -2.13. The molecule has 0 saturated heterocycles. The van der Waals surface area contributed by atoms with Gasteiger partial charge < -0.3 is 5.32 Å². The molecule has 0 fully saturated rings. The van der Waals surface area contributed by atoms with Crippen LogP contribution in [0.1, 0.15) is 39.0 Å². The fourth-order valence-corrected chi connectivity index (χ4v) is 3.65. The van der Waals surface area contributed by atoms with E-state index in [2.05, 4.69) is 5.32 Å². The minimum atomic E-state index is -3.82. The third-order valence-corrected chi connectivity index (χ3v) is 5.47. The quantitative estimate of drug-likeness (QED) is 0.897. The minimum Gasteiger partial charge on any atom is -0.322 e. The van der Waals surface area contributed by atoms with Gasteiger partial charge in [0.15, 0.2) is 0 Å². The Bertz CT molecular complexity index is 934. The molecule has 3 rings (SSSR count). The van der Waals surface area contributed by atoms with E-state index in [0.717, 1.165) is 30.4 Å². The van der Waals surface area contributed by atoms with Crippen molar-refractivity contribution in [1.29, 1.82) is 0 Å². The number of sulfonamides is 1. The van der Waals surface area contributed by atoms with E-state index in [1.807, 2.05) is 25.1 Å². The van der Waals surface area contributed by atoms with Gasteiger partial charge in [-0.3, -0.25) is 4.79 Å². The second kappa shape index (κ2) is 6.03. The van der Waals surface area contributed by atoms with Crippen molar-refractivity contribution < 1.29 is 13.2 Å². The number of hydrogen-bond acceptors (Lipinski definition) is 3. The molecule has 0 bridgehead atoms. The Morgan fingerprint density at radius 1 is 1.08 bits per heavy atom. The maximum absolute atomic E-state index is 12.5. The maximum atomic E-state index is 12.5. The number of nitrogens with two attached hydrogens (primary N) is 1. The van der Waals surface area contributed by atoms with Gasteiger partial charge in [0.25, 0.3) is 5.91 Å². The molecule has 0 aromatic heterocycles. The van der Waals surface area contributed by atoms with Gasteiger partial charge in [0.05, 0.1) is 4.90 Å². The highest BCUT2D eigenvalue weighted by atomic mass is 32.2. The molecule has 24 heavy (non-hydrogen) atoms. The molecule has 5 nitrogen and oxygen atoms in total. The molecule has 2 aromatic rings. The number of hydrogen-bond donors (Lipinski definition) is 2. The van der Waals surface area contributed by atoms with Crippen LogP contribution in [0.2, 0.25) is 0 Å². The van der Waals surface area contributed by atoms with Crippen LogP contribution >= 0.6 is 0 Å². The number of amides is 1. The second-order valence-corrected chi connectivity index (χ2v) is 7.81. The molecule has 0 spiro atoms. The first kappa shape index (κ1) is 16.7. The fourth-order valence-electron chi connectivity index (χ4n) is 3.03. The van der Waals surface area contributed by atoms with Crippen LogP contribution in [-0.4, -0.2) is 14.3 Å². The zero-order valence-corrected chi connectivity index (χ0v) is 14.5. The molecular weight excluding hydrogens is 324 g/mol. The average molecular weight is 344 g/mol. The van der Waals surface area contributed by atoms with Gasteiger partial charge in [-0.05, 0) is 79.6 Å². The summed E-state index contributed by atoms with van der Waals surface area (Å²) >= 11 is 0. The van der Waals surface area contributed by atoms with E-state index >= 15 is 0 Å². The molecule has 0 atom stereocenters. The van der Waals surface area contributed by atoms with E-state index in [4.69, 9.17) is 5.14 Å². The number of carbonyl (C=O) groups excluding carboxylic acids is 1. The molecule has 0 unspecified atom stereocenters. The van der Waals surface area contributed by atoms with Gasteiger partial charge in [0.1, 0.15) is 0 Å². The van der Waals surface area contributed by atoms with Crippen molar-refractivity contribution in [3.05, 3.63) is 58.1 Å². The van der Waals surface area contributed by atoms with Gasteiger partial charge in [-0.1, -0.05) is 6.07 Å². The van der Waals surface area contributed by atoms with Crippen LogP contribution in [0.4, 0.5) is 5.69 Å². The molecule has 3 N–H and O–H groups in total. The van der Waals surface area contributed by atoms with E-state index in [1.54, 1.807) is 6.92 Å². The lowest BCUT2D eigenvalue weighted by molar-refractivity contribution is 0.102. The summed E-state index contributed by atoms with van der Waals surface area (Å²) in [6.45, 7) is 3.62. The van der Waals surface area contributed by atoms with Crippen molar-refractivity contribution in [3.8, 4) is 0 Å². The molecule has 1 aliphatic carbocycles. The number of primary sulfonamides is 1. The summed E-state index contributed by atoms with van der Waals surface area (Å²) in [6.07, 6.45) is 3.18. The van der Waals surface area contributed by atoms with Gasteiger partial charge in [-0.25, -0.2) is 13.6 Å². The SMILES string of the molecule is Cc1cc(S(N)(=O)=O)cc(NC(=O)c2ccc3c(c2)CCC3)c1C. The fraction of sp³-hybridized carbons (Fsp3) is 0.278. The first-order valence-electron chi connectivity index (χ1n) is 7.83. The number of benzene rings is 2. The summed E-state index contributed by atoms with van der Waals surface area (Å²) in [5, 5.41) is 8.02. The third kappa shape index (κ3) is 3.20. The largest absolute Gasteiger partial charge is 0.322 e. The minimum absolute atomic E-state index is 0.00477. The topological polar surface area (TPSA) is 89.3 Å². The van der Waals surface area contributed by atoms with Crippen LogP contribution in [0.25, 0.3) is 0 Å². The Kier molecular flexibility index (Phi) is 4.19. The molecular formula is C18H20N2O3S. The number of aryl methyl sites for hydroxylation is 3. The molecule has 0 aliphatic heterocycles. The Morgan fingerprint density at radius 3 is 2.50 bits per heavy atom. The van der Waals surface area contributed by atoms with Gasteiger partial charge in [-0.2, -0.15) is 0 Å². The van der Waals surface area contributed by atoms with Gasteiger partial charge in [0.2, 0.25) is 10.0 Å². The van der Waals surface area contributed by atoms with Crippen molar-refractivity contribution in [2.45, 2.75) is 38.0 Å². The summed E-state index contributed by atoms with van der Waals surface area (Å²) < 4.78 is 23.2. The highest BCUT2D eigenvalue weighted by Gasteiger charge is 2.17. The summed E-state index contributed by atoms with van der Waals surface area (Å²) in [7, 11) is -3.82. The Balaban J connectivity index is 1.93. The van der Waals surface area contributed by atoms with E-state index in [0.29, 0.717) is 11.3 Å². The van der Waals surface area contributed by atoms with Gasteiger partial charge in [0, 0.05) is 11.3 Å². The van der Waals surface area contributed by atoms with Crippen molar-refractivity contribution >= 4 is 21.6 Å². The summed E-state index contributed by atoms with van der Waals surface area (Å²) in [5.74, 6) is -0.251. The molecule has 2 aromatic carbocycles. The van der Waals surface area contributed by atoms with Gasteiger partial charge >= 0.3 is 0 Å². The standard InChI is InChI=1S/C18H20N2O3S/c1-11-8-16(24(19,22)23)10-17(12(11)2)20-18(21)15-7-6-13-4-3-5-14(13)9-15/h6-10H,3-5H2,1-2H3,(H,20,21)(H2,19,22,23). The summed E-state index contributed by atoms with van der Waals surface area (Å²) in [4.78, 5) is 12.5. The molecule has 126 valence electrons. The normalized spacial score (nSPS) is 13.6. The number of carbonyl (C=O) groups is 1. The van der Waals surface area contributed by atoms with Crippen molar-refractivity contribution in [1.82, 2.24) is 0 Å². The average Bonchev–Trinajstić information content (AvgIpc) is 2.97. The third-order valence-electron chi connectivity index (χ3n) is 4.58. The lowest BCUT2D eigenvalue weighted by Crippen LogP contribution is -2.16. The Morgan fingerprint density at radius 2 is 1.79 bits per heavy atom. The molecule has 1 amide bonds. The van der Waals surface area contributed by atoms with Gasteiger partial charge in [-0.15, -0.1) is 0 Å². The first-order chi connectivity index (χ1) is 11.3. The maximum Gasteiger partial charge on any atom is 0.255 e. The van der Waals surface area contributed by atoms with Crippen molar-refractivity contribution in [3.63, 3.8) is 0 Å². The Labute approximate surface area is 141 Å². The van der Waals surface area contributed by atoms with Crippen LogP contribution < -0.4 is 10.5 Å². The van der Waals surface area contributed by atoms with E-state index in [-0.39, 0.29) is 10.8 Å². The van der Waals surface area contributed by atoms with Crippen LogP contribution in [0.3, 0.4) is 0 Å². The molecule has 0 heterocycles.